The molecule has 38 heavy (non-hydrogen) atoms. The Labute approximate surface area is 222 Å². The van der Waals surface area contributed by atoms with Crippen LogP contribution in [-0.4, -0.2) is 32.5 Å². The van der Waals surface area contributed by atoms with Crippen LogP contribution in [0.3, 0.4) is 0 Å². The highest BCUT2D eigenvalue weighted by Crippen LogP contribution is 2.21. The summed E-state index contributed by atoms with van der Waals surface area (Å²) in [5, 5.41) is 3.68. The molecule has 1 N–H and O–H groups in total. The van der Waals surface area contributed by atoms with E-state index in [4.69, 9.17) is 9.47 Å². The van der Waals surface area contributed by atoms with Gasteiger partial charge in [-0.05, 0) is 74.4 Å². The summed E-state index contributed by atoms with van der Waals surface area (Å²) >= 11 is 0. The van der Waals surface area contributed by atoms with Gasteiger partial charge < -0.3 is 14.8 Å². The van der Waals surface area contributed by atoms with Crippen LogP contribution in [0, 0.1) is 0 Å². The summed E-state index contributed by atoms with van der Waals surface area (Å²) in [6.07, 6.45) is 1.30. The highest BCUT2D eigenvalue weighted by molar-refractivity contribution is 5.89. The number of carbonyl (C=O) groups is 2. The van der Waals surface area contributed by atoms with Gasteiger partial charge in [-0.2, -0.15) is 0 Å². The number of hydrogen-bond acceptors (Lipinski definition) is 6. The maximum absolute atomic E-state index is 13.0. The molecule has 0 fully saturated rings. The molecule has 8 nitrogen and oxygen atoms in total. The number of nitrogens with one attached hydrogen (secondary N) is 1. The predicted molar refractivity (Wildman–Crippen MR) is 147 cm³/mol. The molecule has 2 heterocycles. The Balaban J connectivity index is 1.46. The Kier molecular flexibility index (Phi) is 8.21. The smallest absolute Gasteiger partial charge is 0.410 e. The number of amides is 2. The third-order valence-electron chi connectivity index (χ3n) is 5.47. The van der Waals surface area contributed by atoms with Crippen LogP contribution in [0.25, 0.3) is 10.9 Å². The normalized spacial score (nSPS) is 11.2. The molecule has 0 unspecified atom stereocenters. The summed E-state index contributed by atoms with van der Waals surface area (Å²) in [5.41, 5.74) is 2.79. The minimum Gasteiger partial charge on any atom is -0.489 e. The second-order valence-electron chi connectivity index (χ2n) is 10.00. The lowest BCUT2D eigenvalue weighted by molar-refractivity contribution is -0.114. The van der Waals surface area contributed by atoms with E-state index in [1.54, 1.807) is 17.2 Å². The first-order chi connectivity index (χ1) is 18.1. The number of rotatable bonds is 8. The van der Waals surface area contributed by atoms with Crippen molar-refractivity contribution in [2.24, 2.45) is 0 Å². The largest absolute Gasteiger partial charge is 0.489 e. The second kappa shape index (κ2) is 11.7. The fourth-order valence-corrected chi connectivity index (χ4v) is 3.82. The van der Waals surface area contributed by atoms with Gasteiger partial charge in [0.25, 0.3) is 0 Å². The lowest BCUT2D eigenvalue weighted by Gasteiger charge is -2.27. The summed E-state index contributed by atoms with van der Waals surface area (Å²) in [7, 11) is 0. The Bertz CT molecular complexity index is 1420. The van der Waals surface area contributed by atoms with Crippen LogP contribution in [0.1, 0.15) is 44.5 Å². The molecule has 2 aromatic heterocycles. The van der Waals surface area contributed by atoms with Gasteiger partial charge in [0.1, 0.15) is 23.8 Å². The number of anilines is 1. The van der Waals surface area contributed by atoms with Crippen LogP contribution < -0.4 is 10.1 Å². The Hall–Kier alpha value is -4.46. The summed E-state index contributed by atoms with van der Waals surface area (Å²) in [6.45, 7) is 8.01. The zero-order valence-electron chi connectivity index (χ0n) is 22.1. The SMILES string of the molecule is CC(=O)Nc1ccc2ccc(COc3cccc(CN(Cc4ccccn4)C(=O)OC(C)(C)C)c3)cc2n1. The van der Waals surface area contributed by atoms with Crippen LogP contribution in [-0.2, 0) is 29.2 Å². The van der Waals surface area contributed by atoms with Gasteiger partial charge in [0, 0.05) is 25.1 Å². The molecule has 0 radical (unpaired) electrons. The number of ether oxygens (including phenoxy) is 2. The summed E-state index contributed by atoms with van der Waals surface area (Å²) in [5.74, 6) is 1.03. The summed E-state index contributed by atoms with van der Waals surface area (Å²) < 4.78 is 11.7. The molecule has 2 aromatic carbocycles. The van der Waals surface area contributed by atoms with Gasteiger partial charge >= 0.3 is 6.09 Å². The maximum Gasteiger partial charge on any atom is 0.410 e. The number of fused-ring (bicyclic) bond motifs is 1. The van der Waals surface area contributed by atoms with Crippen molar-refractivity contribution < 1.29 is 19.1 Å². The Morgan fingerprint density at radius 3 is 2.47 bits per heavy atom. The molecule has 4 rings (SSSR count). The lowest BCUT2D eigenvalue weighted by Crippen LogP contribution is -2.36. The van der Waals surface area contributed by atoms with E-state index in [0.717, 1.165) is 27.7 Å². The van der Waals surface area contributed by atoms with E-state index in [-0.39, 0.29) is 5.91 Å². The monoisotopic (exact) mass is 512 g/mol. The average molecular weight is 513 g/mol. The first kappa shape index (κ1) is 26.6. The zero-order valence-corrected chi connectivity index (χ0v) is 22.1. The molecule has 0 aliphatic heterocycles. The highest BCUT2D eigenvalue weighted by Gasteiger charge is 2.23. The van der Waals surface area contributed by atoms with Crippen molar-refractivity contribution in [1.29, 1.82) is 0 Å². The number of nitrogens with zero attached hydrogens (tertiary/aromatic N) is 3. The van der Waals surface area contributed by atoms with Crippen molar-refractivity contribution in [3.63, 3.8) is 0 Å². The van der Waals surface area contributed by atoms with E-state index < -0.39 is 11.7 Å². The van der Waals surface area contributed by atoms with Crippen molar-refractivity contribution in [2.45, 2.75) is 53.0 Å². The predicted octanol–water partition coefficient (Wildman–Crippen LogP) is 6.10. The molecule has 0 saturated carbocycles. The molecule has 8 heteroatoms. The minimum atomic E-state index is -0.609. The molecule has 4 aromatic rings. The van der Waals surface area contributed by atoms with Crippen molar-refractivity contribution in [3.05, 3.63) is 95.8 Å². The fourth-order valence-electron chi connectivity index (χ4n) is 3.82. The quantitative estimate of drug-likeness (QED) is 0.306. The molecule has 0 atom stereocenters. The first-order valence-electron chi connectivity index (χ1n) is 12.4. The number of carbonyl (C=O) groups excluding carboxylic acids is 2. The number of aromatic nitrogens is 2. The summed E-state index contributed by atoms with van der Waals surface area (Å²) in [4.78, 5) is 34.8. The first-order valence-corrected chi connectivity index (χ1v) is 12.4. The van der Waals surface area contributed by atoms with Gasteiger partial charge in [-0.3, -0.25) is 14.7 Å². The third kappa shape index (κ3) is 7.77. The lowest BCUT2D eigenvalue weighted by atomic mass is 10.1. The average Bonchev–Trinajstić information content (AvgIpc) is 2.86. The highest BCUT2D eigenvalue weighted by atomic mass is 16.6. The van der Waals surface area contributed by atoms with E-state index in [1.807, 2.05) is 87.5 Å². The van der Waals surface area contributed by atoms with Gasteiger partial charge in [-0.25, -0.2) is 9.78 Å². The fraction of sp³-hybridized carbons (Fsp3) is 0.267. The van der Waals surface area contributed by atoms with Crippen molar-refractivity contribution in [3.8, 4) is 5.75 Å². The molecule has 0 spiro atoms. The van der Waals surface area contributed by atoms with E-state index in [1.165, 1.54) is 6.92 Å². The van der Waals surface area contributed by atoms with Gasteiger partial charge in [0.05, 0.1) is 17.8 Å². The Morgan fingerprint density at radius 1 is 0.921 bits per heavy atom. The van der Waals surface area contributed by atoms with Gasteiger partial charge in [0.2, 0.25) is 5.91 Å². The molecule has 0 aliphatic carbocycles. The van der Waals surface area contributed by atoms with Crippen LogP contribution in [0.4, 0.5) is 10.6 Å². The van der Waals surface area contributed by atoms with Crippen LogP contribution in [0.15, 0.2) is 79.0 Å². The molecule has 0 aliphatic rings. The van der Waals surface area contributed by atoms with Crippen molar-refractivity contribution >= 4 is 28.7 Å². The standard InChI is InChI=1S/C30H32N4O4/c1-21(35)32-28-14-13-24-12-11-23(17-27(24)33-28)20-37-26-10-7-8-22(16-26)18-34(29(36)38-30(2,3)4)19-25-9-5-6-15-31-25/h5-17H,18-20H2,1-4H3,(H,32,33,35). The van der Waals surface area contributed by atoms with E-state index in [9.17, 15) is 9.59 Å². The van der Waals surface area contributed by atoms with Crippen molar-refractivity contribution in [1.82, 2.24) is 14.9 Å². The van der Waals surface area contributed by atoms with Gasteiger partial charge in [-0.15, -0.1) is 0 Å². The Morgan fingerprint density at radius 2 is 1.74 bits per heavy atom. The number of pyridine rings is 2. The van der Waals surface area contributed by atoms with Crippen molar-refractivity contribution in [2.75, 3.05) is 5.32 Å². The van der Waals surface area contributed by atoms with Gasteiger partial charge in [-0.1, -0.05) is 30.3 Å². The minimum absolute atomic E-state index is 0.165. The molecular weight excluding hydrogens is 480 g/mol. The molecule has 2 amide bonds. The number of benzene rings is 2. The molecular formula is C30H32N4O4. The van der Waals surface area contributed by atoms with Crippen LogP contribution in [0.5, 0.6) is 5.75 Å². The molecule has 0 bridgehead atoms. The molecule has 0 saturated heterocycles. The van der Waals surface area contributed by atoms with E-state index in [2.05, 4.69) is 15.3 Å². The molecule has 196 valence electrons. The maximum atomic E-state index is 13.0. The zero-order chi connectivity index (χ0) is 27.1. The van der Waals surface area contributed by atoms with Crippen LogP contribution >= 0.6 is 0 Å². The topological polar surface area (TPSA) is 93.7 Å². The van der Waals surface area contributed by atoms with Crippen LogP contribution in [0.2, 0.25) is 0 Å². The summed E-state index contributed by atoms with van der Waals surface area (Å²) in [6, 6.07) is 22.9. The third-order valence-corrected chi connectivity index (χ3v) is 5.47. The van der Waals surface area contributed by atoms with E-state index in [0.29, 0.717) is 31.3 Å². The number of hydrogen-bond donors (Lipinski definition) is 1. The second-order valence-corrected chi connectivity index (χ2v) is 10.00. The van der Waals surface area contributed by atoms with Gasteiger partial charge in [0.15, 0.2) is 0 Å². The van der Waals surface area contributed by atoms with E-state index >= 15 is 0 Å².